The number of hydrogen-bond acceptors (Lipinski definition) is 5. The lowest BCUT2D eigenvalue weighted by Gasteiger charge is -2.27. The summed E-state index contributed by atoms with van der Waals surface area (Å²) in [6.45, 7) is 11.2. The molecule has 0 spiro atoms. The van der Waals surface area contributed by atoms with Gasteiger partial charge in [0.25, 0.3) is 5.91 Å². The minimum absolute atomic E-state index is 0.137. The number of likely N-dealkylation sites (N-methyl/N-ethyl adjacent to an activating group) is 1. The van der Waals surface area contributed by atoms with E-state index in [1.54, 1.807) is 17.3 Å². The van der Waals surface area contributed by atoms with E-state index in [1.165, 1.54) is 0 Å². The van der Waals surface area contributed by atoms with Gasteiger partial charge in [-0.3, -0.25) is 14.6 Å². The average molecular weight is 405 g/mol. The van der Waals surface area contributed by atoms with Crippen LogP contribution >= 0.6 is 0 Å². The fourth-order valence-electron chi connectivity index (χ4n) is 4.18. The highest BCUT2D eigenvalue weighted by Gasteiger charge is 2.42. The van der Waals surface area contributed by atoms with Crippen LogP contribution in [0, 0.1) is 13.8 Å². The highest BCUT2D eigenvalue weighted by molar-refractivity contribution is 5.99. The summed E-state index contributed by atoms with van der Waals surface area (Å²) < 4.78 is 6.05. The molecule has 1 atom stereocenters. The summed E-state index contributed by atoms with van der Waals surface area (Å²) in [7, 11) is 0. The quantitative estimate of drug-likeness (QED) is 0.626. The molecule has 3 aromatic rings. The number of amides is 1. The maximum Gasteiger partial charge on any atom is 0.290 e. The third kappa shape index (κ3) is 3.31. The zero-order valence-electron chi connectivity index (χ0n) is 17.9. The maximum absolute atomic E-state index is 13.5. The number of pyridine rings is 1. The van der Waals surface area contributed by atoms with Gasteiger partial charge < -0.3 is 14.2 Å². The van der Waals surface area contributed by atoms with Gasteiger partial charge in [0.15, 0.2) is 5.43 Å². The van der Waals surface area contributed by atoms with E-state index >= 15 is 0 Å². The Bertz CT molecular complexity index is 1150. The van der Waals surface area contributed by atoms with Gasteiger partial charge in [-0.2, -0.15) is 0 Å². The summed E-state index contributed by atoms with van der Waals surface area (Å²) >= 11 is 0. The largest absolute Gasteiger partial charge is 0.450 e. The molecule has 0 fully saturated rings. The van der Waals surface area contributed by atoms with Crippen molar-refractivity contribution in [1.82, 2.24) is 14.8 Å². The van der Waals surface area contributed by atoms with E-state index in [2.05, 4.69) is 23.7 Å². The first-order valence-electron chi connectivity index (χ1n) is 10.5. The van der Waals surface area contributed by atoms with Crippen molar-refractivity contribution in [3.63, 3.8) is 0 Å². The number of fused-ring (bicyclic) bond motifs is 2. The first-order chi connectivity index (χ1) is 14.5. The second-order valence-electron chi connectivity index (χ2n) is 7.82. The van der Waals surface area contributed by atoms with Crippen molar-refractivity contribution in [1.29, 1.82) is 0 Å². The molecule has 2 aromatic heterocycles. The molecule has 1 aromatic carbocycles. The fraction of sp³-hybridized carbons (Fsp3) is 0.375. The minimum atomic E-state index is -0.487. The summed E-state index contributed by atoms with van der Waals surface area (Å²) in [6, 6.07) is 6.96. The van der Waals surface area contributed by atoms with Gasteiger partial charge in [-0.1, -0.05) is 19.9 Å². The molecule has 0 unspecified atom stereocenters. The number of carbonyl (C=O) groups is 1. The highest BCUT2D eigenvalue weighted by atomic mass is 16.3. The van der Waals surface area contributed by atoms with Crippen LogP contribution in [0.2, 0.25) is 0 Å². The van der Waals surface area contributed by atoms with Crippen molar-refractivity contribution in [2.45, 2.75) is 33.7 Å². The molecule has 1 aliphatic heterocycles. The van der Waals surface area contributed by atoms with Crippen LogP contribution in [0.15, 0.2) is 45.9 Å². The molecular weight excluding hydrogens is 378 g/mol. The average Bonchev–Trinajstić information content (AvgIpc) is 3.03. The molecule has 6 nitrogen and oxygen atoms in total. The van der Waals surface area contributed by atoms with Crippen molar-refractivity contribution in [2.24, 2.45) is 0 Å². The summed E-state index contributed by atoms with van der Waals surface area (Å²) in [6.07, 6.45) is 3.41. The second-order valence-corrected chi connectivity index (χ2v) is 7.82. The Kier molecular flexibility index (Phi) is 5.43. The molecular formula is C24H27N3O3. The third-order valence-corrected chi connectivity index (χ3v) is 6.13. The van der Waals surface area contributed by atoms with E-state index in [9.17, 15) is 9.59 Å². The molecule has 3 heterocycles. The van der Waals surface area contributed by atoms with E-state index in [1.807, 2.05) is 38.1 Å². The van der Waals surface area contributed by atoms with E-state index in [0.29, 0.717) is 23.1 Å². The molecule has 0 aliphatic carbocycles. The van der Waals surface area contributed by atoms with Crippen LogP contribution in [-0.4, -0.2) is 46.9 Å². The number of aromatic nitrogens is 1. The smallest absolute Gasteiger partial charge is 0.290 e. The fourth-order valence-corrected chi connectivity index (χ4v) is 4.18. The van der Waals surface area contributed by atoms with Crippen molar-refractivity contribution in [3.05, 3.63) is 74.9 Å². The Labute approximate surface area is 176 Å². The lowest BCUT2D eigenvalue weighted by Crippen LogP contribution is -2.37. The van der Waals surface area contributed by atoms with Crippen LogP contribution in [0.5, 0.6) is 0 Å². The summed E-state index contributed by atoms with van der Waals surface area (Å²) in [5.41, 5.74) is 3.61. The molecule has 4 rings (SSSR count). The second kappa shape index (κ2) is 8.03. The molecule has 0 radical (unpaired) electrons. The van der Waals surface area contributed by atoms with E-state index < -0.39 is 6.04 Å². The van der Waals surface area contributed by atoms with Crippen LogP contribution in [0.1, 0.15) is 52.7 Å². The van der Waals surface area contributed by atoms with Crippen LogP contribution in [-0.2, 0) is 0 Å². The Morgan fingerprint density at radius 3 is 2.53 bits per heavy atom. The number of carbonyl (C=O) groups excluding carboxylic acids is 1. The Morgan fingerprint density at radius 1 is 1.13 bits per heavy atom. The van der Waals surface area contributed by atoms with Gasteiger partial charge in [-0.05, 0) is 61.8 Å². The molecule has 0 saturated carbocycles. The van der Waals surface area contributed by atoms with Gasteiger partial charge in [-0.15, -0.1) is 0 Å². The zero-order valence-corrected chi connectivity index (χ0v) is 17.9. The number of benzene rings is 1. The SMILES string of the molecule is CCN(CC)CCN1C(=O)c2oc3cc(C)c(C)cc3c(=O)c2[C@@H]1c1cccnc1. The predicted molar refractivity (Wildman–Crippen MR) is 117 cm³/mol. The van der Waals surface area contributed by atoms with Crippen molar-refractivity contribution >= 4 is 16.9 Å². The topological polar surface area (TPSA) is 66.7 Å². The molecule has 1 amide bonds. The summed E-state index contributed by atoms with van der Waals surface area (Å²) in [4.78, 5) is 35.1. The normalized spacial score (nSPS) is 16.0. The van der Waals surface area contributed by atoms with E-state index in [-0.39, 0.29) is 17.1 Å². The van der Waals surface area contributed by atoms with Crippen molar-refractivity contribution < 1.29 is 9.21 Å². The van der Waals surface area contributed by atoms with Gasteiger partial charge in [0, 0.05) is 25.5 Å². The number of aryl methyl sites for hydroxylation is 2. The van der Waals surface area contributed by atoms with Gasteiger partial charge >= 0.3 is 0 Å². The molecule has 30 heavy (non-hydrogen) atoms. The maximum atomic E-state index is 13.5. The first kappa shape index (κ1) is 20.3. The molecule has 0 N–H and O–H groups in total. The number of rotatable bonds is 6. The van der Waals surface area contributed by atoms with Gasteiger partial charge in [-0.25, -0.2) is 0 Å². The molecule has 0 bridgehead atoms. The first-order valence-corrected chi connectivity index (χ1v) is 10.5. The van der Waals surface area contributed by atoms with Crippen LogP contribution in [0.3, 0.4) is 0 Å². The van der Waals surface area contributed by atoms with Crippen LogP contribution < -0.4 is 5.43 Å². The predicted octanol–water partition coefficient (Wildman–Crippen LogP) is 3.69. The Morgan fingerprint density at radius 2 is 1.87 bits per heavy atom. The van der Waals surface area contributed by atoms with Gasteiger partial charge in [0.05, 0.1) is 17.0 Å². The Balaban J connectivity index is 1.89. The zero-order chi connectivity index (χ0) is 21.4. The van der Waals surface area contributed by atoms with Gasteiger partial charge in [0.1, 0.15) is 5.58 Å². The Hall–Kier alpha value is -2.99. The third-order valence-electron chi connectivity index (χ3n) is 6.13. The molecule has 156 valence electrons. The standard InChI is InChI=1S/C24H27N3O3/c1-5-26(6-2)10-11-27-21(17-8-7-9-25-14-17)20-22(28)18-12-15(3)16(4)13-19(18)30-23(20)24(27)29/h7-9,12-14,21H,5-6,10-11H2,1-4H3/t21-/m0/s1. The lowest BCUT2D eigenvalue weighted by atomic mass is 9.98. The molecule has 6 heteroatoms. The van der Waals surface area contributed by atoms with Crippen molar-refractivity contribution in [3.8, 4) is 0 Å². The van der Waals surface area contributed by atoms with Gasteiger partial charge in [0.2, 0.25) is 5.76 Å². The molecule has 1 aliphatic rings. The van der Waals surface area contributed by atoms with Crippen molar-refractivity contribution in [2.75, 3.05) is 26.2 Å². The minimum Gasteiger partial charge on any atom is -0.450 e. The van der Waals surface area contributed by atoms with Crippen LogP contribution in [0.4, 0.5) is 0 Å². The van der Waals surface area contributed by atoms with E-state index in [4.69, 9.17) is 4.42 Å². The molecule has 0 saturated heterocycles. The van der Waals surface area contributed by atoms with E-state index in [0.717, 1.165) is 36.3 Å². The number of nitrogens with zero attached hydrogens (tertiary/aromatic N) is 3. The highest BCUT2D eigenvalue weighted by Crippen LogP contribution is 2.37. The summed E-state index contributed by atoms with van der Waals surface area (Å²) in [5.74, 6) is -0.0765. The lowest BCUT2D eigenvalue weighted by molar-refractivity contribution is 0.0708. The monoisotopic (exact) mass is 405 g/mol. The summed E-state index contributed by atoms with van der Waals surface area (Å²) in [5, 5.41) is 0.518. The number of hydrogen-bond donors (Lipinski definition) is 0. The van der Waals surface area contributed by atoms with Crippen LogP contribution in [0.25, 0.3) is 11.0 Å².